The Morgan fingerprint density at radius 3 is 2.63 bits per heavy atom. The van der Waals surface area contributed by atoms with Crippen LogP contribution < -0.4 is 5.32 Å². The Labute approximate surface area is 114 Å². The topological polar surface area (TPSA) is 52.6 Å². The average molecular weight is 260 g/mol. The molecule has 102 valence electrons. The largest absolute Gasteiger partial charge is 0.384 e. The van der Waals surface area contributed by atoms with Gasteiger partial charge in [-0.1, -0.05) is 30.9 Å². The molecule has 0 unspecified atom stereocenters. The van der Waals surface area contributed by atoms with E-state index in [2.05, 4.69) is 17.2 Å². The molecule has 1 aromatic rings. The lowest BCUT2D eigenvalue weighted by molar-refractivity contribution is 0.207. The molecule has 1 aromatic carbocycles. The van der Waals surface area contributed by atoms with E-state index in [1.165, 1.54) is 0 Å². The standard InChI is InChI=1S/C15H20N2O2/c1-3-10-16-15(19)17(2)12-14-8-6-13(7-9-14)5-4-11-18/h6-9,18H,3,10-12H2,1-2H3,(H,16,19). The van der Waals surface area contributed by atoms with Crippen molar-refractivity contribution >= 4 is 6.03 Å². The number of aliphatic hydroxyl groups is 1. The van der Waals surface area contributed by atoms with Gasteiger partial charge in [0.1, 0.15) is 6.61 Å². The average Bonchev–Trinajstić information content (AvgIpc) is 2.43. The quantitative estimate of drug-likeness (QED) is 0.808. The monoisotopic (exact) mass is 260 g/mol. The third-order valence-corrected chi connectivity index (χ3v) is 2.56. The van der Waals surface area contributed by atoms with Crippen molar-refractivity contribution in [1.82, 2.24) is 10.2 Å². The van der Waals surface area contributed by atoms with Crippen molar-refractivity contribution in [2.75, 3.05) is 20.2 Å². The number of nitrogens with zero attached hydrogens (tertiary/aromatic N) is 1. The minimum atomic E-state index is -0.137. The second-order valence-electron chi connectivity index (χ2n) is 4.24. The highest BCUT2D eigenvalue weighted by atomic mass is 16.2. The molecular formula is C15H20N2O2. The Morgan fingerprint density at radius 1 is 1.37 bits per heavy atom. The Morgan fingerprint density at radius 2 is 2.05 bits per heavy atom. The molecule has 1 rings (SSSR count). The van der Waals surface area contributed by atoms with Gasteiger partial charge in [-0.15, -0.1) is 0 Å². The summed E-state index contributed by atoms with van der Waals surface area (Å²) in [5.74, 6) is 5.43. The van der Waals surface area contributed by atoms with Crippen LogP contribution in [0.15, 0.2) is 24.3 Å². The Bertz CT molecular complexity index is 457. The lowest BCUT2D eigenvalue weighted by Crippen LogP contribution is -2.37. The summed E-state index contributed by atoms with van der Waals surface area (Å²) in [6.07, 6.45) is 0.928. The number of urea groups is 1. The van der Waals surface area contributed by atoms with Gasteiger partial charge in [0.25, 0.3) is 0 Å². The molecule has 0 fully saturated rings. The molecule has 2 amide bonds. The summed E-state index contributed by atoms with van der Waals surface area (Å²) >= 11 is 0. The number of aliphatic hydroxyl groups excluding tert-OH is 1. The predicted octanol–water partition coefficient (Wildman–Crippen LogP) is 1.58. The minimum absolute atomic E-state index is 0.0639. The predicted molar refractivity (Wildman–Crippen MR) is 75.6 cm³/mol. The molecule has 0 bridgehead atoms. The molecule has 4 nitrogen and oxygen atoms in total. The molecule has 0 spiro atoms. The maximum Gasteiger partial charge on any atom is 0.317 e. The van der Waals surface area contributed by atoms with Gasteiger partial charge in [-0.2, -0.15) is 0 Å². The number of amides is 2. The molecule has 0 atom stereocenters. The van der Waals surface area contributed by atoms with E-state index in [0.29, 0.717) is 13.1 Å². The van der Waals surface area contributed by atoms with E-state index < -0.39 is 0 Å². The second-order valence-corrected chi connectivity index (χ2v) is 4.24. The Kier molecular flexibility index (Phi) is 6.48. The van der Waals surface area contributed by atoms with Crippen LogP contribution in [-0.2, 0) is 6.54 Å². The van der Waals surface area contributed by atoms with Crippen molar-refractivity contribution in [3.8, 4) is 11.8 Å². The molecule has 2 N–H and O–H groups in total. The fourth-order valence-corrected chi connectivity index (χ4v) is 1.55. The summed E-state index contributed by atoms with van der Waals surface area (Å²) in [6.45, 7) is 3.14. The highest BCUT2D eigenvalue weighted by Gasteiger charge is 2.07. The van der Waals surface area contributed by atoms with Gasteiger partial charge in [-0.25, -0.2) is 4.79 Å². The summed E-state index contributed by atoms with van der Waals surface area (Å²) < 4.78 is 0. The zero-order valence-electron chi connectivity index (χ0n) is 11.4. The van der Waals surface area contributed by atoms with Crippen molar-refractivity contribution in [2.45, 2.75) is 19.9 Å². The third-order valence-electron chi connectivity index (χ3n) is 2.56. The van der Waals surface area contributed by atoms with Crippen LogP contribution in [0.3, 0.4) is 0 Å². The van der Waals surface area contributed by atoms with Crippen molar-refractivity contribution in [3.63, 3.8) is 0 Å². The van der Waals surface area contributed by atoms with Crippen molar-refractivity contribution in [1.29, 1.82) is 0 Å². The number of carbonyl (C=O) groups excluding carboxylic acids is 1. The first-order valence-electron chi connectivity index (χ1n) is 6.35. The van der Waals surface area contributed by atoms with Crippen LogP contribution in [0.1, 0.15) is 24.5 Å². The highest BCUT2D eigenvalue weighted by molar-refractivity contribution is 5.73. The lowest BCUT2D eigenvalue weighted by Gasteiger charge is -2.17. The number of hydrogen-bond acceptors (Lipinski definition) is 2. The maximum absolute atomic E-state index is 11.7. The molecule has 4 heteroatoms. The van der Waals surface area contributed by atoms with Crippen LogP contribution >= 0.6 is 0 Å². The van der Waals surface area contributed by atoms with Gasteiger partial charge < -0.3 is 15.3 Å². The van der Waals surface area contributed by atoms with Gasteiger partial charge in [-0.05, 0) is 24.1 Å². The van der Waals surface area contributed by atoms with Gasteiger partial charge in [-0.3, -0.25) is 0 Å². The van der Waals surface area contributed by atoms with Crippen LogP contribution in [-0.4, -0.2) is 36.2 Å². The smallest absolute Gasteiger partial charge is 0.317 e. The van der Waals surface area contributed by atoms with Crippen molar-refractivity contribution in [2.24, 2.45) is 0 Å². The van der Waals surface area contributed by atoms with E-state index in [0.717, 1.165) is 17.5 Å². The van der Waals surface area contributed by atoms with E-state index in [-0.39, 0.29) is 12.6 Å². The zero-order valence-corrected chi connectivity index (χ0v) is 11.4. The number of nitrogens with one attached hydrogen (secondary N) is 1. The van der Waals surface area contributed by atoms with Gasteiger partial charge in [0.2, 0.25) is 0 Å². The molecule has 0 aliphatic rings. The molecule has 0 aliphatic carbocycles. The van der Waals surface area contributed by atoms with Gasteiger partial charge in [0, 0.05) is 25.7 Å². The molecule has 0 saturated carbocycles. The zero-order chi connectivity index (χ0) is 14.1. The molecule has 0 aromatic heterocycles. The van der Waals surface area contributed by atoms with Crippen LogP contribution in [0.4, 0.5) is 4.79 Å². The SMILES string of the molecule is CCCNC(=O)N(C)Cc1ccc(C#CCO)cc1. The Hall–Kier alpha value is -1.99. The van der Waals surface area contributed by atoms with Gasteiger partial charge >= 0.3 is 6.03 Å². The third kappa shape index (κ3) is 5.45. The number of benzene rings is 1. The normalized spacial score (nSPS) is 9.42. The first-order chi connectivity index (χ1) is 9.17. The molecule has 0 heterocycles. The van der Waals surface area contributed by atoms with Crippen LogP contribution in [0.5, 0.6) is 0 Å². The van der Waals surface area contributed by atoms with E-state index in [9.17, 15) is 4.79 Å². The first kappa shape index (κ1) is 15.1. The lowest BCUT2D eigenvalue weighted by atomic mass is 10.1. The summed E-state index contributed by atoms with van der Waals surface area (Å²) in [5.41, 5.74) is 1.90. The van der Waals surface area contributed by atoms with Crippen molar-refractivity contribution < 1.29 is 9.90 Å². The van der Waals surface area contributed by atoms with Crippen molar-refractivity contribution in [3.05, 3.63) is 35.4 Å². The molecule has 0 aliphatic heterocycles. The summed E-state index contributed by atoms with van der Waals surface area (Å²) in [5, 5.41) is 11.4. The summed E-state index contributed by atoms with van der Waals surface area (Å²) in [4.78, 5) is 13.3. The van der Waals surface area contributed by atoms with Gasteiger partial charge in [0.15, 0.2) is 0 Å². The fraction of sp³-hybridized carbons (Fsp3) is 0.400. The highest BCUT2D eigenvalue weighted by Crippen LogP contribution is 2.06. The maximum atomic E-state index is 11.7. The molecular weight excluding hydrogens is 240 g/mol. The minimum Gasteiger partial charge on any atom is -0.384 e. The van der Waals surface area contributed by atoms with Gasteiger partial charge in [0.05, 0.1) is 0 Å². The van der Waals surface area contributed by atoms with E-state index >= 15 is 0 Å². The molecule has 0 saturated heterocycles. The Balaban J connectivity index is 2.55. The van der Waals surface area contributed by atoms with Crippen LogP contribution in [0.2, 0.25) is 0 Å². The van der Waals surface area contributed by atoms with Crippen LogP contribution in [0.25, 0.3) is 0 Å². The van der Waals surface area contributed by atoms with Crippen LogP contribution in [0, 0.1) is 11.8 Å². The van der Waals surface area contributed by atoms with E-state index in [1.807, 2.05) is 31.2 Å². The molecule has 0 radical (unpaired) electrons. The summed E-state index contributed by atoms with van der Waals surface area (Å²) in [6, 6.07) is 7.58. The number of hydrogen-bond donors (Lipinski definition) is 2. The van der Waals surface area contributed by atoms with E-state index in [1.54, 1.807) is 11.9 Å². The second kappa shape index (κ2) is 8.17. The number of rotatable bonds is 4. The molecule has 19 heavy (non-hydrogen) atoms. The van der Waals surface area contributed by atoms with E-state index in [4.69, 9.17) is 5.11 Å². The number of carbonyl (C=O) groups is 1. The fourth-order valence-electron chi connectivity index (χ4n) is 1.55. The first-order valence-corrected chi connectivity index (χ1v) is 6.35. The summed E-state index contributed by atoms with van der Waals surface area (Å²) in [7, 11) is 1.77.